The molecule has 26 heavy (non-hydrogen) atoms. The lowest BCUT2D eigenvalue weighted by Crippen LogP contribution is -2.38. The van der Waals surface area contributed by atoms with E-state index in [0.29, 0.717) is 29.7 Å². The summed E-state index contributed by atoms with van der Waals surface area (Å²) in [5, 5.41) is 7.80. The molecule has 0 spiro atoms. The summed E-state index contributed by atoms with van der Waals surface area (Å²) in [4.78, 5) is 22.9. The van der Waals surface area contributed by atoms with Gasteiger partial charge in [-0.15, -0.1) is 0 Å². The van der Waals surface area contributed by atoms with Crippen molar-refractivity contribution in [1.29, 1.82) is 0 Å². The van der Waals surface area contributed by atoms with Crippen LogP contribution in [0.15, 0.2) is 48.9 Å². The number of nitrogens with one attached hydrogen (secondary N) is 1. The Morgan fingerprint density at radius 3 is 2.62 bits per heavy atom. The second-order valence-corrected chi connectivity index (χ2v) is 6.81. The molecule has 2 aromatic heterocycles. The van der Waals surface area contributed by atoms with Crippen LogP contribution in [0.5, 0.6) is 0 Å². The molecule has 1 aliphatic rings. The van der Waals surface area contributed by atoms with Gasteiger partial charge in [-0.25, -0.2) is 9.97 Å². The van der Waals surface area contributed by atoms with Gasteiger partial charge in [0.05, 0.1) is 5.69 Å². The predicted molar refractivity (Wildman–Crippen MR) is 98.9 cm³/mol. The Morgan fingerprint density at radius 2 is 1.92 bits per heavy atom. The van der Waals surface area contributed by atoms with Gasteiger partial charge >= 0.3 is 0 Å². The number of amides is 1. The number of benzene rings is 1. The maximum absolute atomic E-state index is 12.7. The number of likely N-dealkylation sites (tertiary alicyclic amines) is 1. The van der Waals surface area contributed by atoms with Crippen molar-refractivity contribution in [2.45, 2.75) is 18.8 Å². The highest BCUT2D eigenvalue weighted by atomic mass is 35.5. The monoisotopic (exact) mass is 367 g/mol. The van der Waals surface area contributed by atoms with Crippen molar-refractivity contribution >= 4 is 17.5 Å². The van der Waals surface area contributed by atoms with E-state index in [9.17, 15) is 4.79 Å². The van der Waals surface area contributed by atoms with Gasteiger partial charge in [-0.1, -0.05) is 23.7 Å². The highest BCUT2D eigenvalue weighted by Crippen LogP contribution is 2.27. The quantitative estimate of drug-likeness (QED) is 0.768. The Morgan fingerprint density at radius 1 is 1.15 bits per heavy atom. The van der Waals surface area contributed by atoms with Crippen LogP contribution in [-0.2, 0) is 0 Å². The van der Waals surface area contributed by atoms with Gasteiger partial charge in [-0.2, -0.15) is 5.10 Å². The zero-order valence-corrected chi connectivity index (χ0v) is 14.9. The van der Waals surface area contributed by atoms with Gasteiger partial charge in [0.2, 0.25) is 0 Å². The zero-order chi connectivity index (χ0) is 17.9. The molecule has 0 saturated carbocycles. The topological polar surface area (TPSA) is 74.8 Å². The molecule has 6 nitrogen and oxygen atoms in total. The first kappa shape index (κ1) is 16.7. The van der Waals surface area contributed by atoms with Gasteiger partial charge in [0.1, 0.15) is 12.0 Å². The Hall–Kier alpha value is -2.73. The lowest BCUT2D eigenvalue weighted by Gasteiger charge is -2.31. The first-order valence-corrected chi connectivity index (χ1v) is 8.95. The van der Waals surface area contributed by atoms with E-state index in [1.807, 2.05) is 35.2 Å². The third kappa shape index (κ3) is 3.46. The molecule has 0 atom stereocenters. The number of carbonyl (C=O) groups is 1. The van der Waals surface area contributed by atoms with Crippen LogP contribution in [0.25, 0.3) is 11.3 Å². The van der Waals surface area contributed by atoms with E-state index >= 15 is 0 Å². The fraction of sp³-hybridized carbons (Fsp3) is 0.263. The highest BCUT2D eigenvalue weighted by Gasteiger charge is 2.26. The molecular weight excluding hydrogens is 350 g/mol. The van der Waals surface area contributed by atoms with E-state index in [-0.39, 0.29) is 5.91 Å². The standard InChI is InChI=1S/C19H18ClN5O/c20-15-3-1-13(2-4-15)17-11-18(24-23-17)19(26)25-9-6-14(7-10-25)16-5-8-21-12-22-16/h1-5,8,11-12,14H,6-7,9-10H2,(H,23,24). The summed E-state index contributed by atoms with van der Waals surface area (Å²) in [6.45, 7) is 1.42. The maximum atomic E-state index is 12.7. The van der Waals surface area contributed by atoms with Gasteiger partial charge in [-0.05, 0) is 37.1 Å². The molecule has 1 N–H and O–H groups in total. The fourth-order valence-electron chi connectivity index (χ4n) is 3.29. The number of aromatic nitrogens is 4. The van der Waals surface area contributed by atoms with Gasteiger partial charge in [0.15, 0.2) is 0 Å². The number of hydrogen-bond donors (Lipinski definition) is 1. The Bertz CT molecular complexity index is 886. The van der Waals surface area contributed by atoms with Crippen LogP contribution in [0, 0.1) is 0 Å². The fourth-order valence-corrected chi connectivity index (χ4v) is 3.42. The van der Waals surface area contributed by atoms with E-state index in [0.717, 1.165) is 29.8 Å². The second-order valence-electron chi connectivity index (χ2n) is 6.37. The van der Waals surface area contributed by atoms with Crippen molar-refractivity contribution in [2.75, 3.05) is 13.1 Å². The number of hydrogen-bond acceptors (Lipinski definition) is 4. The summed E-state index contributed by atoms with van der Waals surface area (Å²) in [7, 11) is 0. The Kier molecular flexibility index (Phi) is 4.67. The van der Waals surface area contributed by atoms with Crippen LogP contribution in [0.1, 0.15) is 34.9 Å². The Balaban J connectivity index is 1.42. The van der Waals surface area contributed by atoms with Crippen molar-refractivity contribution in [3.63, 3.8) is 0 Å². The lowest BCUT2D eigenvalue weighted by atomic mass is 9.93. The van der Waals surface area contributed by atoms with Crippen molar-refractivity contribution in [1.82, 2.24) is 25.1 Å². The number of halogens is 1. The molecule has 132 valence electrons. The normalized spacial score (nSPS) is 15.2. The van der Waals surface area contributed by atoms with Crippen LogP contribution in [0.2, 0.25) is 5.02 Å². The number of H-pyrrole nitrogens is 1. The number of aromatic amines is 1. The molecule has 1 aliphatic heterocycles. The van der Waals surface area contributed by atoms with Crippen molar-refractivity contribution < 1.29 is 4.79 Å². The molecule has 3 aromatic rings. The second kappa shape index (κ2) is 7.25. The third-order valence-electron chi connectivity index (χ3n) is 4.75. The number of rotatable bonds is 3. The molecule has 7 heteroatoms. The van der Waals surface area contributed by atoms with Crippen LogP contribution < -0.4 is 0 Å². The number of carbonyl (C=O) groups excluding carboxylic acids is 1. The smallest absolute Gasteiger partial charge is 0.271 e. The minimum absolute atomic E-state index is 0.0150. The molecule has 1 aromatic carbocycles. The third-order valence-corrected chi connectivity index (χ3v) is 5.01. The molecule has 1 saturated heterocycles. The van der Waals surface area contributed by atoms with Gasteiger partial charge in [0, 0.05) is 41.5 Å². The van der Waals surface area contributed by atoms with Gasteiger partial charge < -0.3 is 4.90 Å². The highest BCUT2D eigenvalue weighted by molar-refractivity contribution is 6.30. The van der Waals surface area contributed by atoms with Gasteiger partial charge in [0.25, 0.3) is 5.91 Å². The van der Waals surface area contributed by atoms with Crippen LogP contribution >= 0.6 is 11.6 Å². The summed E-state index contributed by atoms with van der Waals surface area (Å²) >= 11 is 5.92. The van der Waals surface area contributed by atoms with Gasteiger partial charge in [-0.3, -0.25) is 9.89 Å². The molecule has 0 radical (unpaired) electrons. The van der Waals surface area contributed by atoms with Crippen molar-refractivity contribution in [2.24, 2.45) is 0 Å². The maximum Gasteiger partial charge on any atom is 0.271 e. The van der Waals surface area contributed by atoms with Crippen molar-refractivity contribution in [3.8, 4) is 11.3 Å². The SMILES string of the molecule is O=C(c1cc(-c2ccc(Cl)cc2)n[nH]1)N1CCC(c2ccncn2)CC1. The van der Waals surface area contributed by atoms with E-state index in [2.05, 4.69) is 20.2 Å². The first-order chi connectivity index (χ1) is 12.7. The van der Waals surface area contributed by atoms with Crippen molar-refractivity contribution in [3.05, 3.63) is 65.3 Å². The molecule has 1 amide bonds. The Labute approximate surface area is 156 Å². The average Bonchev–Trinajstić information content (AvgIpc) is 3.19. The summed E-state index contributed by atoms with van der Waals surface area (Å²) in [6.07, 6.45) is 5.15. The summed E-state index contributed by atoms with van der Waals surface area (Å²) < 4.78 is 0. The first-order valence-electron chi connectivity index (χ1n) is 8.57. The van der Waals surface area contributed by atoms with Crippen LogP contribution in [0.4, 0.5) is 0 Å². The number of nitrogens with zero attached hydrogens (tertiary/aromatic N) is 4. The lowest BCUT2D eigenvalue weighted by molar-refractivity contribution is 0.0706. The largest absolute Gasteiger partial charge is 0.337 e. The van der Waals surface area contributed by atoms with E-state index in [1.165, 1.54) is 0 Å². The predicted octanol–water partition coefficient (Wildman–Crippen LogP) is 3.54. The van der Waals surface area contributed by atoms with Crippen LogP contribution in [0.3, 0.4) is 0 Å². The minimum Gasteiger partial charge on any atom is -0.337 e. The molecule has 1 fully saturated rings. The average molecular weight is 368 g/mol. The molecule has 0 bridgehead atoms. The van der Waals surface area contributed by atoms with Crippen LogP contribution in [-0.4, -0.2) is 44.1 Å². The van der Waals surface area contributed by atoms with E-state index in [4.69, 9.17) is 11.6 Å². The molecule has 0 unspecified atom stereocenters. The van der Waals surface area contributed by atoms with E-state index in [1.54, 1.807) is 18.6 Å². The van der Waals surface area contributed by atoms with E-state index < -0.39 is 0 Å². The molecule has 4 rings (SSSR count). The molecular formula is C19H18ClN5O. The minimum atomic E-state index is -0.0150. The summed E-state index contributed by atoms with van der Waals surface area (Å²) in [5.74, 6) is 0.368. The zero-order valence-electron chi connectivity index (χ0n) is 14.1. The summed E-state index contributed by atoms with van der Waals surface area (Å²) in [5.41, 5.74) is 3.22. The molecule has 3 heterocycles. The summed E-state index contributed by atoms with van der Waals surface area (Å²) in [6, 6.07) is 11.1. The molecule has 0 aliphatic carbocycles. The number of piperidine rings is 1.